The Morgan fingerprint density at radius 3 is 2.44 bits per heavy atom. The predicted molar refractivity (Wildman–Crippen MR) is 87.3 cm³/mol. The minimum absolute atomic E-state index is 0.279. The molecule has 2 amide bonds. The normalized spacial score (nSPS) is 12.3. The van der Waals surface area contributed by atoms with Crippen LogP contribution in [0.3, 0.4) is 0 Å². The fraction of sp³-hybridized carbons (Fsp3) is 0.176. The van der Waals surface area contributed by atoms with E-state index in [0.717, 1.165) is 0 Å². The topological polar surface area (TPSA) is 124 Å². The first-order valence-electron chi connectivity index (χ1n) is 7.32. The van der Waals surface area contributed by atoms with E-state index in [0.29, 0.717) is 11.3 Å². The van der Waals surface area contributed by atoms with Gasteiger partial charge in [0.15, 0.2) is 0 Å². The van der Waals surface area contributed by atoms with Crippen molar-refractivity contribution in [1.29, 1.82) is 0 Å². The number of aliphatic hydroxyl groups is 1. The van der Waals surface area contributed by atoms with Gasteiger partial charge in [-0.1, -0.05) is 5.92 Å². The first kappa shape index (κ1) is 18.1. The Bertz CT molecular complexity index is 795. The van der Waals surface area contributed by atoms with E-state index >= 15 is 0 Å². The van der Waals surface area contributed by atoms with Crippen LogP contribution < -0.4 is 10.8 Å². The molecule has 8 nitrogen and oxygen atoms in total. The Kier molecular flexibility index (Phi) is 6.17. The molecule has 0 unspecified atom stereocenters. The molecule has 2 rings (SSSR count). The average Bonchev–Trinajstić information content (AvgIpc) is 2.64. The van der Waals surface area contributed by atoms with Crippen LogP contribution in [-0.4, -0.2) is 44.2 Å². The van der Waals surface area contributed by atoms with Crippen molar-refractivity contribution in [2.45, 2.75) is 19.1 Å². The van der Waals surface area contributed by atoms with Crippen molar-refractivity contribution < 1.29 is 19.9 Å². The van der Waals surface area contributed by atoms with Crippen LogP contribution in [0.15, 0.2) is 42.9 Å². The molecule has 25 heavy (non-hydrogen) atoms. The second-order valence-electron chi connectivity index (χ2n) is 5.09. The van der Waals surface area contributed by atoms with Crippen LogP contribution in [0, 0.1) is 11.8 Å². The van der Waals surface area contributed by atoms with Crippen LogP contribution >= 0.6 is 0 Å². The van der Waals surface area contributed by atoms with Crippen LogP contribution in [0.2, 0.25) is 0 Å². The largest absolute Gasteiger partial charge is 0.391 e. The molecular formula is C17H16N4O4. The maximum Gasteiger partial charge on any atom is 0.268 e. The second kappa shape index (κ2) is 8.54. The van der Waals surface area contributed by atoms with E-state index in [1.54, 1.807) is 24.5 Å². The van der Waals surface area contributed by atoms with Crippen molar-refractivity contribution in [2.24, 2.45) is 0 Å². The molecule has 0 radical (unpaired) electrons. The standard InChI is InChI=1S/C17H16N4O4/c1-11(22)15(17(24)21-25)20-16(23)13-5-2-12(3-6-13)4-7-14-10-18-8-9-19-14/h2-3,5-6,8-11,15,22,25H,1H3,(H,20,23)(H,21,24)/t11-,15+/m1/s1. The van der Waals surface area contributed by atoms with Crippen LogP contribution in [0.4, 0.5) is 0 Å². The fourth-order valence-corrected chi connectivity index (χ4v) is 1.90. The Morgan fingerprint density at radius 1 is 1.16 bits per heavy atom. The molecule has 1 aromatic carbocycles. The van der Waals surface area contributed by atoms with Crippen molar-refractivity contribution in [3.63, 3.8) is 0 Å². The molecular weight excluding hydrogens is 324 g/mol. The summed E-state index contributed by atoms with van der Waals surface area (Å²) in [6.07, 6.45) is 3.46. The Labute approximate surface area is 143 Å². The molecule has 0 aliphatic rings. The quantitative estimate of drug-likeness (QED) is 0.349. The van der Waals surface area contributed by atoms with Gasteiger partial charge in [0.1, 0.15) is 11.7 Å². The zero-order valence-corrected chi connectivity index (χ0v) is 13.3. The summed E-state index contributed by atoms with van der Waals surface area (Å²) in [5.41, 5.74) is 2.88. The van der Waals surface area contributed by atoms with E-state index in [9.17, 15) is 14.7 Å². The monoisotopic (exact) mass is 340 g/mol. The molecule has 1 heterocycles. The van der Waals surface area contributed by atoms with Gasteiger partial charge < -0.3 is 10.4 Å². The first-order valence-corrected chi connectivity index (χ1v) is 7.32. The Balaban J connectivity index is 2.07. The van der Waals surface area contributed by atoms with Crippen LogP contribution in [0.1, 0.15) is 28.5 Å². The number of nitrogens with zero attached hydrogens (tertiary/aromatic N) is 2. The highest BCUT2D eigenvalue weighted by molar-refractivity contribution is 5.97. The smallest absolute Gasteiger partial charge is 0.268 e. The highest BCUT2D eigenvalue weighted by atomic mass is 16.5. The lowest BCUT2D eigenvalue weighted by Crippen LogP contribution is -2.51. The summed E-state index contributed by atoms with van der Waals surface area (Å²) < 4.78 is 0. The van der Waals surface area contributed by atoms with Gasteiger partial charge in [-0.3, -0.25) is 19.8 Å². The molecule has 0 aliphatic carbocycles. The molecule has 0 aliphatic heterocycles. The van der Waals surface area contributed by atoms with E-state index in [1.165, 1.54) is 30.7 Å². The number of carbonyl (C=O) groups is 2. The molecule has 0 saturated carbocycles. The third kappa shape index (κ3) is 5.10. The lowest BCUT2D eigenvalue weighted by atomic mass is 10.1. The highest BCUT2D eigenvalue weighted by Crippen LogP contribution is 2.05. The molecule has 0 bridgehead atoms. The zero-order chi connectivity index (χ0) is 18.2. The van der Waals surface area contributed by atoms with E-state index in [-0.39, 0.29) is 5.56 Å². The van der Waals surface area contributed by atoms with Gasteiger partial charge >= 0.3 is 0 Å². The molecule has 1 aromatic heterocycles. The number of hydroxylamine groups is 1. The molecule has 2 aromatic rings. The highest BCUT2D eigenvalue weighted by Gasteiger charge is 2.25. The van der Waals surface area contributed by atoms with Crippen molar-refractivity contribution in [2.75, 3.05) is 0 Å². The molecule has 0 saturated heterocycles. The first-order chi connectivity index (χ1) is 12.0. The number of aliphatic hydroxyl groups excluding tert-OH is 1. The van der Waals surface area contributed by atoms with E-state index in [4.69, 9.17) is 5.21 Å². The van der Waals surface area contributed by atoms with Gasteiger partial charge in [0.25, 0.3) is 11.8 Å². The maximum absolute atomic E-state index is 12.1. The van der Waals surface area contributed by atoms with Gasteiger partial charge in [-0.05, 0) is 37.1 Å². The minimum atomic E-state index is -1.27. The van der Waals surface area contributed by atoms with Crippen molar-refractivity contribution >= 4 is 11.8 Å². The number of benzene rings is 1. The Morgan fingerprint density at radius 2 is 1.88 bits per heavy atom. The molecule has 8 heteroatoms. The van der Waals surface area contributed by atoms with E-state index in [2.05, 4.69) is 27.1 Å². The molecule has 4 N–H and O–H groups in total. The number of rotatable bonds is 4. The van der Waals surface area contributed by atoms with Gasteiger partial charge in [0.05, 0.1) is 12.3 Å². The number of nitrogens with one attached hydrogen (secondary N) is 2. The van der Waals surface area contributed by atoms with Crippen LogP contribution in [0.25, 0.3) is 0 Å². The molecule has 128 valence electrons. The summed E-state index contributed by atoms with van der Waals surface area (Å²) in [5, 5.41) is 20.5. The van der Waals surface area contributed by atoms with Crippen LogP contribution in [-0.2, 0) is 4.79 Å². The van der Waals surface area contributed by atoms with Crippen LogP contribution in [0.5, 0.6) is 0 Å². The van der Waals surface area contributed by atoms with Crippen molar-refractivity contribution in [3.8, 4) is 11.8 Å². The predicted octanol–water partition coefficient (Wildman–Crippen LogP) is -0.139. The molecule has 2 atom stereocenters. The Hall–Kier alpha value is -3.28. The third-order valence-electron chi connectivity index (χ3n) is 3.21. The summed E-state index contributed by atoms with van der Waals surface area (Å²) >= 11 is 0. The second-order valence-corrected chi connectivity index (χ2v) is 5.09. The lowest BCUT2D eigenvalue weighted by Gasteiger charge is -2.19. The fourth-order valence-electron chi connectivity index (χ4n) is 1.90. The number of amides is 2. The maximum atomic E-state index is 12.1. The summed E-state index contributed by atoms with van der Waals surface area (Å²) in [7, 11) is 0. The SMILES string of the molecule is C[C@@H](O)[C@H](NC(=O)c1ccc(C#Cc2cnccn2)cc1)C(=O)NO. The van der Waals surface area contributed by atoms with Gasteiger partial charge in [0, 0.05) is 23.5 Å². The number of hydrogen-bond acceptors (Lipinski definition) is 6. The number of aromatic nitrogens is 2. The zero-order valence-electron chi connectivity index (χ0n) is 13.3. The van der Waals surface area contributed by atoms with Gasteiger partial charge in [-0.2, -0.15) is 0 Å². The van der Waals surface area contributed by atoms with Crippen molar-refractivity contribution in [3.05, 3.63) is 59.7 Å². The molecule has 0 spiro atoms. The summed E-state index contributed by atoms with van der Waals surface area (Å²) in [6.45, 7) is 1.32. The van der Waals surface area contributed by atoms with Crippen molar-refractivity contribution in [1.82, 2.24) is 20.8 Å². The van der Waals surface area contributed by atoms with Gasteiger partial charge in [-0.25, -0.2) is 10.5 Å². The van der Waals surface area contributed by atoms with Gasteiger partial charge in [-0.15, -0.1) is 0 Å². The molecule has 0 fully saturated rings. The number of hydrogen-bond donors (Lipinski definition) is 4. The van der Waals surface area contributed by atoms with Gasteiger partial charge in [0.2, 0.25) is 0 Å². The lowest BCUT2D eigenvalue weighted by molar-refractivity contribution is -0.133. The minimum Gasteiger partial charge on any atom is -0.391 e. The average molecular weight is 340 g/mol. The van der Waals surface area contributed by atoms with E-state index in [1.807, 2.05) is 0 Å². The number of carbonyl (C=O) groups excluding carboxylic acids is 2. The summed E-state index contributed by atoms with van der Waals surface area (Å²) in [5.74, 6) is 4.26. The summed E-state index contributed by atoms with van der Waals surface area (Å²) in [4.78, 5) is 31.5. The third-order valence-corrected chi connectivity index (χ3v) is 3.21. The summed E-state index contributed by atoms with van der Waals surface area (Å²) in [6, 6.07) is 5.08. The van der Waals surface area contributed by atoms with E-state index < -0.39 is 24.0 Å².